The van der Waals surface area contributed by atoms with Gasteiger partial charge in [-0.15, -0.1) is 0 Å². The fraction of sp³-hybridized carbons (Fsp3) is 1.00. The van der Waals surface area contributed by atoms with Crippen LogP contribution in [0.5, 0.6) is 0 Å². The largest absolute Gasteiger partial charge is 0.771 e. The Bertz CT molecular complexity index is 56.4. The van der Waals surface area contributed by atoms with E-state index in [0.717, 1.165) is 15.2 Å². The zero-order chi connectivity index (χ0) is 8.62. The first-order chi connectivity index (χ1) is 4.41. The predicted octanol–water partition coefficient (Wildman–Crippen LogP) is 1.43. The molecule has 0 bridgehead atoms. The number of hydrogen-bond donors (Lipinski definition) is 0. The minimum atomic E-state index is -5.25. The van der Waals surface area contributed by atoms with Crippen LogP contribution in [0.25, 0.3) is 0 Å². The Morgan fingerprint density at radius 1 is 1.20 bits per heavy atom. The molecule has 0 aliphatic heterocycles. The van der Waals surface area contributed by atoms with Crippen molar-refractivity contribution in [3.05, 3.63) is 0 Å². The van der Waals surface area contributed by atoms with Gasteiger partial charge in [0.05, 0.1) is 0 Å². The van der Waals surface area contributed by atoms with E-state index in [1.54, 1.807) is 0 Å². The molecular formula is C5H10AlF3O. The topological polar surface area (TPSA) is 23.1 Å². The van der Waals surface area contributed by atoms with E-state index >= 15 is 0 Å². The quantitative estimate of drug-likeness (QED) is 0.575. The Kier molecular flexibility index (Phi) is 9.54. The van der Waals surface area contributed by atoms with Gasteiger partial charge in [0.15, 0.2) is 0 Å². The molecule has 1 nitrogen and oxygen atoms in total. The van der Waals surface area contributed by atoms with Gasteiger partial charge in [0, 0.05) is 0 Å². The van der Waals surface area contributed by atoms with Gasteiger partial charge < -0.3 is 5.11 Å². The summed E-state index contributed by atoms with van der Waals surface area (Å²) < 4.78 is 29.4. The van der Waals surface area contributed by atoms with Gasteiger partial charge in [-0.05, 0) is 0 Å². The maximum atomic E-state index is 9.80. The van der Waals surface area contributed by atoms with Crippen LogP contribution in [0.3, 0.4) is 0 Å². The Balaban J connectivity index is 0. The first kappa shape index (κ1) is 12.9. The normalized spacial score (nSPS) is 9.40. The zero-order valence-electron chi connectivity index (χ0n) is 6.03. The molecule has 0 atom stereocenters. The standard InChI is InChI=1S/2C2H5.CF3O.Al/c2*1-2;2-1(3,4)5;/h2*1H2,2H3;;/q;;-1;+1. The van der Waals surface area contributed by atoms with Crippen LogP contribution in [0, 0.1) is 0 Å². The summed E-state index contributed by atoms with van der Waals surface area (Å²) in [4.78, 5) is 0. The Hall–Kier alpha value is 0.282. The molecule has 0 rings (SSSR count). The van der Waals surface area contributed by atoms with E-state index in [1.165, 1.54) is 10.6 Å². The fourth-order valence-electron chi connectivity index (χ4n) is 0.289. The molecule has 0 aliphatic carbocycles. The van der Waals surface area contributed by atoms with Crippen molar-refractivity contribution in [2.75, 3.05) is 0 Å². The van der Waals surface area contributed by atoms with Crippen LogP contribution in [0.4, 0.5) is 13.2 Å². The summed E-state index contributed by atoms with van der Waals surface area (Å²) in [6, 6.07) is 0. The molecule has 0 unspecified atom stereocenters. The van der Waals surface area contributed by atoms with Crippen LogP contribution in [0.15, 0.2) is 0 Å². The van der Waals surface area contributed by atoms with Crippen molar-refractivity contribution in [2.45, 2.75) is 30.8 Å². The van der Waals surface area contributed by atoms with Crippen molar-refractivity contribution in [3.8, 4) is 0 Å². The molecule has 0 aliphatic rings. The monoisotopic (exact) mass is 170 g/mol. The SMILES string of the molecule is C[CH2][Al+][CH2]C.[O-]C(F)(F)F. The van der Waals surface area contributed by atoms with Crippen molar-refractivity contribution in [1.82, 2.24) is 0 Å². The van der Waals surface area contributed by atoms with Crippen molar-refractivity contribution in [1.29, 1.82) is 0 Å². The second kappa shape index (κ2) is 7.39. The van der Waals surface area contributed by atoms with Crippen molar-refractivity contribution in [2.24, 2.45) is 0 Å². The third-order valence-electron chi connectivity index (χ3n) is 0.577. The minimum absolute atomic E-state index is 0.815. The number of halogens is 3. The van der Waals surface area contributed by atoms with E-state index in [4.69, 9.17) is 5.11 Å². The van der Waals surface area contributed by atoms with Crippen LogP contribution in [-0.4, -0.2) is 21.6 Å². The van der Waals surface area contributed by atoms with Gasteiger partial charge in [0.1, 0.15) is 0 Å². The smallest absolute Gasteiger partial charge is 0.331 e. The van der Waals surface area contributed by atoms with Crippen molar-refractivity contribution < 1.29 is 18.3 Å². The summed E-state index contributed by atoms with van der Waals surface area (Å²) in [6.07, 6.45) is -5.25. The van der Waals surface area contributed by atoms with Gasteiger partial charge in [-0.25, -0.2) is 0 Å². The first-order valence-corrected chi connectivity index (χ1v) is 4.63. The molecule has 0 saturated heterocycles. The van der Waals surface area contributed by atoms with Crippen LogP contribution >= 0.6 is 0 Å². The molecule has 0 radical (unpaired) electrons. The van der Waals surface area contributed by atoms with Gasteiger partial charge in [-0.2, -0.15) is 13.2 Å². The average molecular weight is 170 g/mol. The van der Waals surface area contributed by atoms with Gasteiger partial charge in [-0.1, -0.05) is 0 Å². The third-order valence-corrected chi connectivity index (χ3v) is 1.73. The molecule has 0 heterocycles. The summed E-state index contributed by atoms with van der Waals surface area (Å²) in [6.45, 7) is 4.50. The van der Waals surface area contributed by atoms with Crippen LogP contribution in [-0.2, 0) is 0 Å². The van der Waals surface area contributed by atoms with E-state index in [-0.39, 0.29) is 0 Å². The van der Waals surface area contributed by atoms with Crippen LogP contribution in [0.1, 0.15) is 13.8 Å². The summed E-state index contributed by atoms with van der Waals surface area (Å²) in [5, 5.41) is 11.0. The van der Waals surface area contributed by atoms with Crippen LogP contribution in [0.2, 0.25) is 10.6 Å². The molecule has 10 heavy (non-hydrogen) atoms. The third kappa shape index (κ3) is 84.3. The van der Waals surface area contributed by atoms with Gasteiger partial charge in [0.2, 0.25) is 0 Å². The fourth-order valence-corrected chi connectivity index (χ4v) is 0.866. The minimum Gasteiger partial charge on any atom is -0.771 e. The zero-order valence-corrected chi connectivity index (χ0v) is 7.19. The number of alkyl halides is 3. The maximum Gasteiger partial charge on any atom is 0.331 e. The molecular weight excluding hydrogens is 160 g/mol. The summed E-state index contributed by atoms with van der Waals surface area (Å²) in [5.74, 6) is 0. The maximum absolute atomic E-state index is 9.80. The molecule has 0 amide bonds. The van der Waals surface area contributed by atoms with Gasteiger partial charge in [0.25, 0.3) is 0 Å². The molecule has 0 fully saturated rings. The van der Waals surface area contributed by atoms with E-state index in [1.807, 2.05) is 0 Å². The van der Waals surface area contributed by atoms with E-state index < -0.39 is 6.36 Å². The van der Waals surface area contributed by atoms with E-state index in [2.05, 4.69) is 13.8 Å². The predicted molar refractivity (Wildman–Crippen MR) is 32.8 cm³/mol. The van der Waals surface area contributed by atoms with E-state index in [0.29, 0.717) is 0 Å². The number of rotatable bonds is 2. The molecule has 60 valence electrons. The number of hydrogen-bond acceptors (Lipinski definition) is 1. The Morgan fingerprint density at radius 2 is 1.40 bits per heavy atom. The Labute approximate surface area is 65.0 Å². The molecule has 0 aromatic heterocycles. The molecule has 0 saturated carbocycles. The average Bonchev–Trinajstić information content (AvgIpc) is 1.63. The first-order valence-electron chi connectivity index (χ1n) is 3.00. The molecule has 0 N–H and O–H groups in total. The summed E-state index contributed by atoms with van der Waals surface area (Å²) >= 11 is 0.815. The molecule has 5 heteroatoms. The van der Waals surface area contributed by atoms with Gasteiger partial charge >= 0.3 is 46.0 Å². The van der Waals surface area contributed by atoms with Crippen molar-refractivity contribution >= 4 is 15.2 Å². The second-order valence-corrected chi connectivity index (χ2v) is 3.76. The Morgan fingerprint density at radius 3 is 1.40 bits per heavy atom. The summed E-state index contributed by atoms with van der Waals surface area (Å²) in [7, 11) is 0. The van der Waals surface area contributed by atoms with Gasteiger partial charge in [-0.3, -0.25) is 0 Å². The molecule has 0 aromatic carbocycles. The summed E-state index contributed by atoms with van der Waals surface area (Å²) in [5.41, 5.74) is 0. The van der Waals surface area contributed by atoms with E-state index in [9.17, 15) is 13.2 Å². The molecule has 0 aromatic rings. The second-order valence-electron chi connectivity index (χ2n) is 1.55. The molecule has 0 spiro atoms. The van der Waals surface area contributed by atoms with Crippen LogP contribution < -0.4 is 5.11 Å². The van der Waals surface area contributed by atoms with Crippen molar-refractivity contribution in [3.63, 3.8) is 0 Å².